The Balaban J connectivity index is 2.19. The SMILES string of the molecule is CNc1ccc(S(=O)(=O)Nc2ccc(C(C)C)cc2)cc1. The number of hydrogen-bond acceptors (Lipinski definition) is 3. The molecule has 21 heavy (non-hydrogen) atoms. The maximum absolute atomic E-state index is 12.3. The first-order chi connectivity index (χ1) is 9.92. The van der Waals surface area contributed by atoms with Gasteiger partial charge in [0.15, 0.2) is 0 Å². The number of rotatable bonds is 5. The van der Waals surface area contributed by atoms with Crippen molar-refractivity contribution in [3.63, 3.8) is 0 Å². The van der Waals surface area contributed by atoms with E-state index in [9.17, 15) is 8.42 Å². The van der Waals surface area contributed by atoms with E-state index in [1.165, 1.54) is 5.56 Å². The first-order valence-electron chi connectivity index (χ1n) is 6.83. The highest BCUT2D eigenvalue weighted by Crippen LogP contribution is 2.20. The summed E-state index contributed by atoms with van der Waals surface area (Å²) < 4.78 is 27.2. The van der Waals surface area contributed by atoms with Crippen LogP contribution in [0.25, 0.3) is 0 Å². The molecule has 112 valence electrons. The van der Waals surface area contributed by atoms with Crippen LogP contribution in [0.4, 0.5) is 11.4 Å². The molecule has 0 radical (unpaired) electrons. The van der Waals surface area contributed by atoms with Crippen molar-refractivity contribution in [2.45, 2.75) is 24.7 Å². The second-order valence-corrected chi connectivity index (χ2v) is 6.84. The summed E-state index contributed by atoms with van der Waals surface area (Å²) >= 11 is 0. The Kier molecular flexibility index (Phi) is 4.53. The molecule has 0 aliphatic rings. The minimum atomic E-state index is -3.55. The van der Waals surface area contributed by atoms with Crippen LogP contribution >= 0.6 is 0 Å². The second kappa shape index (κ2) is 6.18. The zero-order valence-corrected chi connectivity index (χ0v) is 13.2. The van der Waals surface area contributed by atoms with Crippen LogP contribution in [0.5, 0.6) is 0 Å². The third-order valence-electron chi connectivity index (χ3n) is 3.28. The van der Waals surface area contributed by atoms with Crippen LogP contribution < -0.4 is 10.0 Å². The molecule has 0 spiro atoms. The van der Waals surface area contributed by atoms with Crippen molar-refractivity contribution in [2.75, 3.05) is 17.1 Å². The van der Waals surface area contributed by atoms with Crippen molar-refractivity contribution in [3.8, 4) is 0 Å². The maximum Gasteiger partial charge on any atom is 0.261 e. The lowest BCUT2D eigenvalue weighted by Gasteiger charge is -2.10. The summed E-state index contributed by atoms with van der Waals surface area (Å²) in [7, 11) is -1.76. The molecular formula is C16H20N2O2S. The predicted octanol–water partition coefficient (Wildman–Crippen LogP) is 3.65. The summed E-state index contributed by atoms with van der Waals surface area (Å²) in [5.74, 6) is 0.421. The highest BCUT2D eigenvalue weighted by Gasteiger charge is 2.14. The standard InChI is InChI=1S/C16H20N2O2S/c1-12(2)13-4-6-15(7-5-13)18-21(19,20)16-10-8-14(17-3)9-11-16/h4-12,17-18H,1-3H3. The summed E-state index contributed by atoms with van der Waals surface area (Å²) in [6, 6.07) is 14.1. The Morgan fingerprint density at radius 1 is 0.857 bits per heavy atom. The monoisotopic (exact) mass is 304 g/mol. The van der Waals surface area contributed by atoms with E-state index in [1.807, 2.05) is 12.1 Å². The van der Waals surface area contributed by atoms with Gasteiger partial charge in [-0.2, -0.15) is 0 Å². The summed E-state index contributed by atoms with van der Waals surface area (Å²) in [5.41, 5.74) is 2.61. The van der Waals surface area contributed by atoms with E-state index in [0.717, 1.165) is 5.69 Å². The van der Waals surface area contributed by atoms with Crippen LogP contribution in [-0.4, -0.2) is 15.5 Å². The van der Waals surface area contributed by atoms with Gasteiger partial charge in [-0.15, -0.1) is 0 Å². The van der Waals surface area contributed by atoms with Gasteiger partial charge in [0.05, 0.1) is 4.90 Å². The molecule has 0 atom stereocenters. The fraction of sp³-hybridized carbons (Fsp3) is 0.250. The minimum absolute atomic E-state index is 0.245. The Morgan fingerprint density at radius 3 is 1.86 bits per heavy atom. The van der Waals surface area contributed by atoms with Gasteiger partial charge in [0.2, 0.25) is 0 Å². The van der Waals surface area contributed by atoms with Crippen LogP contribution in [0.2, 0.25) is 0 Å². The van der Waals surface area contributed by atoms with Gasteiger partial charge in [0.25, 0.3) is 10.0 Å². The zero-order valence-electron chi connectivity index (χ0n) is 12.4. The molecule has 2 aromatic rings. The largest absolute Gasteiger partial charge is 0.388 e. The van der Waals surface area contributed by atoms with Crippen molar-refractivity contribution in [3.05, 3.63) is 54.1 Å². The summed E-state index contributed by atoms with van der Waals surface area (Å²) in [6.45, 7) is 4.20. The molecule has 2 aromatic carbocycles. The molecule has 0 unspecified atom stereocenters. The number of anilines is 2. The van der Waals surface area contributed by atoms with Gasteiger partial charge in [-0.1, -0.05) is 26.0 Å². The van der Waals surface area contributed by atoms with Gasteiger partial charge in [0.1, 0.15) is 0 Å². The summed E-state index contributed by atoms with van der Waals surface area (Å²) in [5, 5.41) is 2.96. The first-order valence-corrected chi connectivity index (χ1v) is 8.31. The van der Waals surface area contributed by atoms with Crippen LogP contribution in [0.1, 0.15) is 25.3 Å². The number of hydrogen-bond donors (Lipinski definition) is 2. The highest BCUT2D eigenvalue weighted by atomic mass is 32.2. The molecule has 0 amide bonds. The molecule has 0 aromatic heterocycles. The van der Waals surface area contributed by atoms with Crippen LogP contribution in [0, 0.1) is 0 Å². The van der Waals surface area contributed by atoms with E-state index in [0.29, 0.717) is 11.6 Å². The summed E-state index contributed by atoms with van der Waals surface area (Å²) in [6.07, 6.45) is 0. The van der Waals surface area contributed by atoms with E-state index >= 15 is 0 Å². The average molecular weight is 304 g/mol. The normalized spacial score (nSPS) is 11.4. The second-order valence-electron chi connectivity index (χ2n) is 5.16. The molecule has 2 rings (SSSR count). The fourth-order valence-electron chi connectivity index (χ4n) is 1.95. The molecule has 0 aliphatic carbocycles. The molecule has 0 fully saturated rings. The van der Waals surface area contributed by atoms with Crippen LogP contribution in [0.3, 0.4) is 0 Å². The van der Waals surface area contributed by atoms with Crippen molar-refractivity contribution in [1.29, 1.82) is 0 Å². The van der Waals surface area contributed by atoms with E-state index in [1.54, 1.807) is 43.4 Å². The quantitative estimate of drug-likeness (QED) is 0.886. The Hall–Kier alpha value is -2.01. The van der Waals surface area contributed by atoms with E-state index in [2.05, 4.69) is 23.9 Å². The Bertz CT molecular complexity index is 690. The third-order valence-corrected chi connectivity index (χ3v) is 4.68. The maximum atomic E-state index is 12.3. The lowest BCUT2D eigenvalue weighted by Crippen LogP contribution is -2.12. The van der Waals surface area contributed by atoms with Crippen LogP contribution in [-0.2, 0) is 10.0 Å². The summed E-state index contributed by atoms with van der Waals surface area (Å²) in [4.78, 5) is 0.245. The van der Waals surface area contributed by atoms with Gasteiger partial charge in [-0.05, 0) is 47.9 Å². The van der Waals surface area contributed by atoms with Gasteiger partial charge in [-0.3, -0.25) is 4.72 Å². The van der Waals surface area contributed by atoms with E-state index < -0.39 is 10.0 Å². The Labute approximate surface area is 126 Å². The lowest BCUT2D eigenvalue weighted by molar-refractivity contribution is 0.601. The fourth-order valence-corrected chi connectivity index (χ4v) is 3.01. The van der Waals surface area contributed by atoms with E-state index in [4.69, 9.17) is 0 Å². The Morgan fingerprint density at radius 2 is 1.38 bits per heavy atom. The van der Waals surface area contributed by atoms with E-state index in [-0.39, 0.29) is 4.90 Å². The van der Waals surface area contributed by atoms with Gasteiger partial charge in [0, 0.05) is 18.4 Å². The minimum Gasteiger partial charge on any atom is -0.388 e. The molecule has 0 bridgehead atoms. The predicted molar refractivity (Wildman–Crippen MR) is 87.3 cm³/mol. The molecule has 4 nitrogen and oxygen atoms in total. The molecule has 0 saturated heterocycles. The van der Waals surface area contributed by atoms with Crippen LogP contribution in [0.15, 0.2) is 53.4 Å². The number of nitrogens with one attached hydrogen (secondary N) is 2. The van der Waals surface area contributed by atoms with Gasteiger partial charge >= 0.3 is 0 Å². The molecule has 0 saturated carbocycles. The van der Waals surface area contributed by atoms with Crippen molar-refractivity contribution in [1.82, 2.24) is 0 Å². The molecule has 5 heteroatoms. The zero-order chi connectivity index (χ0) is 15.5. The van der Waals surface area contributed by atoms with Gasteiger partial charge < -0.3 is 5.32 Å². The third kappa shape index (κ3) is 3.76. The van der Waals surface area contributed by atoms with Crippen molar-refractivity contribution < 1.29 is 8.42 Å². The highest BCUT2D eigenvalue weighted by molar-refractivity contribution is 7.92. The topological polar surface area (TPSA) is 58.2 Å². The molecule has 2 N–H and O–H groups in total. The van der Waals surface area contributed by atoms with Crippen molar-refractivity contribution >= 4 is 21.4 Å². The first kappa shape index (κ1) is 15.4. The van der Waals surface area contributed by atoms with Gasteiger partial charge in [-0.25, -0.2) is 8.42 Å². The average Bonchev–Trinajstić information content (AvgIpc) is 2.47. The molecular weight excluding hydrogens is 284 g/mol. The smallest absolute Gasteiger partial charge is 0.261 e. The number of benzene rings is 2. The van der Waals surface area contributed by atoms with Crippen molar-refractivity contribution in [2.24, 2.45) is 0 Å². The number of sulfonamides is 1. The molecule has 0 heterocycles. The molecule has 0 aliphatic heterocycles. The lowest BCUT2D eigenvalue weighted by atomic mass is 10.0.